The highest BCUT2D eigenvalue weighted by Crippen LogP contribution is 2.35. The fourth-order valence-corrected chi connectivity index (χ4v) is 2.83. The summed E-state index contributed by atoms with van der Waals surface area (Å²) in [6.07, 6.45) is 2.01. The number of benzene rings is 1. The number of rotatable bonds is 2. The molecule has 6 heteroatoms. The van der Waals surface area contributed by atoms with Crippen LogP contribution in [0.1, 0.15) is 12.8 Å². The van der Waals surface area contributed by atoms with E-state index in [1.807, 2.05) is 30.3 Å². The average molecular weight is 298 g/mol. The van der Waals surface area contributed by atoms with Crippen LogP contribution in [0.3, 0.4) is 0 Å². The molecule has 1 fully saturated rings. The molecule has 0 amide bonds. The van der Waals surface area contributed by atoms with E-state index in [-0.39, 0.29) is 6.79 Å². The Hall–Kier alpha value is -2.34. The number of piperidine rings is 1. The maximum Gasteiger partial charge on any atom is 0.231 e. The van der Waals surface area contributed by atoms with E-state index < -0.39 is 0 Å². The number of nitrogens with two attached hydrogens (primary N) is 1. The van der Waals surface area contributed by atoms with Gasteiger partial charge in [-0.05, 0) is 43.2 Å². The molecule has 0 radical (unpaired) electrons. The van der Waals surface area contributed by atoms with Crippen molar-refractivity contribution in [3.8, 4) is 22.8 Å². The summed E-state index contributed by atoms with van der Waals surface area (Å²) in [5.41, 5.74) is 7.74. The molecular weight excluding hydrogens is 280 g/mol. The van der Waals surface area contributed by atoms with Gasteiger partial charge in [0, 0.05) is 24.7 Å². The van der Waals surface area contributed by atoms with Crippen molar-refractivity contribution in [2.45, 2.75) is 18.9 Å². The monoisotopic (exact) mass is 298 g/mol. The van der Waals surface area contributed by atoms with E-state index in [2.05, 4.69) is 15.1 Å². The van der Waals surface area contributed by atoms with Gasteiger partial charge in [-0.2, -0.15) is 0 Å². The van der Waals surface area contributed by atoms with E-state index in [0.29, 0.717) is 6.04 Å². The molecule has 2 aliphatic heterocycles. The number of hydrogen-bond acceptors (Lipinski definition) is 6. The summed E-state index contributed by atoms with van der Waals surface area (Å²) in [5, 5.41) is 8.71. The highest BCUT2D eigenvalue weighted by molar-refractivity contribution is 5.64. The van der Waals surface area contributed by atoms with Crippen LogP contribution >= 0.6 is 0 Å². The lowest BCUT2D eigenvalue weighted by atomic mass is 10.1. The average Bonchev–Trinajstić information content (AvgIpc) is 3.03. The molecule has 1 aromatic heterocycles. The Morgan fingerprint density at radius 3 is 2.59 bits per heavy atom. The number of anilines is 1. The molecule has 0 bridgehead atoms. The minimum absolute atomic E-state index is 0.278. The molecular formula is C16H18N4O2. The first kappa shape index (κ1) is 13.3. The van der Waals surface area contributed by atoms with Gasteiger partial charge < -0.3 is 20.1 Å². The normalized spacial score (nSPS) is 17.8. The highest BCUT2D eigenvalue weighted by Gasteiger charge is 2.18. The Morgan fingerprint density at radius 2 is 1.82 bits per heavy atom. The number of fused-ring (bicyclic) bond motifs is 1. The van der Waals surface area contributed by atoms with E-state index in [1.165, 1.54) is 0 Å². The maximum atomic E-state index is 5.93. The van der Waals surface area contributed by atoms with Crippen LogP contribution in [0.2, 0.25) is 0 Å². The molecule has 0 saturated carbocycles. The van der Waals surface area contributed by atoms with Crippen LogP contribution < -0.4 is 20.1 Å². The van der Waals surface area contributed by atoms with Gasteiger partial charge >= 0.3 is 0 Å². The number of ether oxygens (including phenoxy) is 2. The van der Waals surface area contributed by atoms with Crippen LogP contribution in [0.25, 0.3) is 11.3 Å². The zero-order chi connectivity index (χ0) is 14.9. The van der Waals surface area contributed by atoms with Gasteiger partial charge in [-0.15, -0.1) is 10.2 Å². The van der Waals surface area contributed by atoms with Crippen LogP contribution in [0.5, 0.6) is 11.5 Å². The first-order chi connectivity index (χ1) is 10.8. The molecule has 0 aliphatic carbocycles. The van der Waals surface area contributed by atoms with Crippen molar-refractivity contribution in [1.29, 1.82) is 0 Å². The summed E-state index contributed by atoms with van der Waals surface area (Å²) in [6, 6.07) is 10.1. The molecule has 1 aromatic carbocycles. The second-order valence-corrected chi connectivity index (χ2v) is 5.67. The summed E-state index contributed by atoms with van der Waals surface area (Å²) >= 11 is 0. The van der Waals surface area contributed by atoms with Crippen molar-refractivity contribution in [2.75, 3.05) is 24.8 Å². The molecule has 4 rings (SSSR count). The summed E-state index contributed by atoms with van der Waals surface area (Å²) in [7, 11) is 0. The Kier molecular flexibility index (Phi) is 3.31. The van der Waals surface area contributed by atoms with Gasteiger partial charge in [-0.3, -0.25) is 0 Å². The second kappa shape index (κ2) is 5.46. The third kappa shape index (κ3) is 2.46. The minimum atomic E-state index is 0.278. The van der Waals surface area contributed by atoms with Crippen molar-refractivity contribution in [3.63, 3.8) is 0 Å². The van der Waals surface area contributed by atoms with Crippen LogP contribution in [-0.2, 0) is 0 Å². The molecule has 2 aliphatic rings. The lowest BCUT2D eigenvalue weighted by molar-refractivity contribution is 0.174. The van der Waals surface area contributed by atoms with Gasteiger partial charge in [-0.1, -0.05) is 0 Å². The largest absolute Gasteiger partial charge is 0.454 e. The third-order valence-electron chi connectivity index (χ3n) is 4.18. The predicted octanol–water partition coefficient (Wildman–Crippen LogP) is 1.80. The highest BCUT2D eigenvalue weighted by atomic mass is 16.7. The standard InChI is InChI=1S/C16H18N4O2/c17-12-5-7-20(8-6-12)16-4-2-13(18-19-16)11-1-3-14-15(9-11)22-10-21-14/h1-4,9,12H,5-8,10,17H2. The molecule has 2 N–H and O–H groups in total. The van der Waals surface area contributed by atoms with Crippen molar-refractivity contribution >= 4 is 5.82 Å². The first-order valence-corrected chi connectivity index (χ1v) is 7.54. The van der Waals surface area contributed by atoms with Crippen LogP contribution in [-0.4, -0.2) is 36.1 Å². The summed E-state index contributed by atoms with van der Waals surface area (Å²) in [4.78, 5) is 2.24. The Balaban J connectivity index is 1.54. The Bertz CT molecular complexity index is 666. The van der Waals surface area contributed by atoms with Crippen LogP contribution in [0.4, 0.5) is 5.82 Å². The molecule has 3 heterocycles. The number of hydrogen-bond donors (Lipinski definition) is 1. The van der Waals surface area contributed by atoms with E-state index in [1.54, 1.807) is 0 Å². The second-order valence-electron chi connectivity index (χ2n) is 5.67. The minimum Gasteiger partial charge on any atom is -0.454 e. The first-order valence-electron chi connectivity index (χ1n) is 7.54. The van der Waals surface area contributed by atoms with E-state index in [9.17, 15) is 0 Å². The molecule has 22 heavy (non-hydrogen) atoms. The lowest BCUT2D eigenvalue weighted by Crippen LogP contribution is -2.40. The molecule has 114 valence electrons. The van der Waals surface area contributed by atoms with Crippen LogP contribution in [0, 0.1) is 0 Å². The summed E-state index contributed by atoms with van der Waals surface area (Å²) in [5.74, 6) is 2.45. The zero-order valence-corrected chi connectivity index (χ0v) is 12.2. The molecule has 6 nitrogen and oxygen atoms in total. The molecule has 0 spiro atoms. The predicted molar refractivity (Wildman–Crippen MR) is 83.0 cm³/mol. The van der Waals surface area contributed by atoms with Crippen molar-refractivity contribution < 1.29 is 9.47 Å². The smallest absolute Gasteiger partial charge is 0.231 e. The maximum absolute atomic E-state index is 5.93. The van der Waals surface area contributed by atoms with Crippen molar-refractivity contribution in [1.82, 2.24) is 10.2 Å². The number of nitrogens with zero attached hydrogens (tertiary/aromatic N) is 3. The fourth-order valence-electron chi connectivity index (χ4n) is 2.83. The fraction of sp³-hybridized carbons (Fsp3) is 0.375. The lowest BCUT2D eigenvalue weighted by Gasteiger charge is -2.30. The molecule has 0 atom stereocenters. The topological polar surface area (TPSA) is 73.5 Å². The third-order valence-corrected chi connectivity index (χ3v) is 4.18. The van der Waals surface area contributed by atoms with Crippen LogP contribution in [0.15, 0.2) is 30.3 Å². The van der Waals surface area contributed by atoms with Gasteiger partial charge in [-0.25, -0.2) is 0 Å². The van der Waals surface area contributed by atoms with Gasteiger partial charge in [0.15, 0.2) is 17.3 Å². The Morgan fingerprint density at radius 1 is 1.00 bits per heavy atom. The molecule has 0 unspecified atom stereocenters. The molecule has 2 aromatic rings. The SMILES string of the molecule is NC1CCN(c2ccc(-c3ccc4c(c3)OCO4)nn2)CC1. The quantitative estimate of drug-likeness (QED) is 0.911. The van der Waals surface area contributed by atoms with Gasteiger partial charge in [0.2, 0.25) is 6.79 Å². The van der Waals surface area contributed by atoms with E-state index >= 15 is 0 Å². The zero-order valence-electron chi connectivity index (χ0n) is 12.2. The van der Waals surface area contributed by atoms with Crippen molar-refractivity contribution in [2.24, 2.45) is 5.73 Å². The van der Waals surface area contributed by atoms with Gasteiger partial charge in [0.1, 0.15) is 0 Å². The van der Waals surface area contributed by atoms with E-state index in [4.69, 9.17) is 15.2 Å². The molecule has 1 saturated heterocycles. The van der Waals surface area contributed by atoms with E-state index in [0.717, 1.165) is 54.5 Å². The summed E-state index contributed by atoms with van der Waals surface area (Å²) in [6.45, 7) is 2.17. The summed E-state index contributed by atoms with van der Waals surface area (Å²) < 4.78 is 10.7. The Labute approximate surface area is 128 Å². The van der Waals surface area contributed by atoms with Crippen molar-refractivity contribution in [3.05, 3.63) is 30.3 Å². The van der Waals surface area contributed by atoms with Gasteiger partial charge in [0.05, 0.1) is 5.69 Å². The van der Waals surface area contributed by atoms with Gasteiger partial charge in [0.25, 0.3) is 0 Å². The number of aromatic nitrogens is 2.